The van der Waals surface area contributed by atoms with Gasteiger partial charge in [0, 0.05) is 11.1 Å². The van der Waals surface area contributed by atoms with E-state index in [0.717, 1.165) is 5.56 Å². The van der Waals surface area contributed by atoms with Crippen LogP contribution in [0, 0.1) is 6.92 Å². The van der Waals surface area contributed by atoms with Gasteiger partial charge < -0.3 is 9.05 Å². The number of ketones is 1. The number of aryl methyl sites for hydroxylation is 1. The maximum atomic E-state index is 14.4. The Hall–Kier alpha value is -1.61. The summed E-state index contributed by atoms with van der Waals surface area (Å²) in [6.45, 7) is 5.70. The number of nitrogens with one attached hydrogen (secondary N) is 1. The molecule has 0 amide bonds. The molecule has 0 aromatic heterocycles. The molecule has 2 aromatic carbocycles. The Kier molecular flexibility index (Phi) is 8.15. The molecule has 0 saturated carbocycles. The standard InChI is InChI=1S/C23H27BrNO6PS/c1-4-14-30-32(27,31-15-5-2)23(25-33(28,29)18-12-10-17(3)11-13-18)16-21(24)22(26)19-8-6-7-9-20(19)23/h6-13,16,25H,4-5,14-15H2,1-3H3. The summed E-state index contributed by atoms with van der Waals surface area (Å²) in [5.41, 5.74) is 1.31. The highest BCUT2D eigenvalue weighted by Crippen LogP contribution is 2.66. The van der Waals surface area contributed by atoms with Crippen LogP contribution in [-0.2, 0) is 28.9 Å². The zero-order valence-corrected chi connectivity index (χ0v) is 22.0. The minimum absolute atomic E-state index is 0.0103. The average molecular weight is 556 g/mol. The molecule has 0 spiro atoms. The van der Waals surface area contributed by atoms with Gasteiger partial charge >= 0.3 is 7.60 Å². The molecule has 0 radical (unpaired) electrons. The van der Waals surface area contributed by atoms with Crippen LogP contribution in [0.25, 0.3) is 0 Å². The molecule has 0 bridgehead atoms. The number of rotatable bonds is 10. The normalized spacial score (nSPS) is 18.7. The molecular formula is C23H27BrNO6PS. The molecule has 0 heterocycles. The Bertz CT molecular complexity index is 1200. The van der Waals surface area contributed by atoms with Crippen LogP contribution in [0.15, 0.2) is 64.0 Å². The summed E-state index contributed by atoms with van der Waals surface area (Å²) in [6, 6.07) is 12.7. The van der Waals surface area contributed by atoms with E-state index in [1.165, 1.54) is 18.2 Å². The van der Waals surface area contributed by atoms with Crippen molar-refractivity contribution < 1.29 is 26.8 Å². The summed E-state index contributed by atoms with van der Waals surface area (Å²) >= 11 is 3.25. The van der Waals surface area contributed by atoms with Crippen molar-refractivity contribution in [1.29, 1.82) is 0 Å². The fourth-order valence-electron chi connectivity index (χ4n) is 3.48. The lowest BCUT2D eigenvalue weighted by atomic mass is 9.92. The Balaban J connectivity index is 2.30. The number of allylic oxidation sites excluding steroid dienone is 1. The van der Waals surface area contributed by atoms with E-state index in [1.807, 2.05) is 20.8 Å². The molecule has 3 rings (SSSR count). The van der Waals surface area contributed by atoms with Gasteiger partial charge in [-0.1, -0.05) is 55.8 Å². The van der Waals surface area contributed by atoms with Crippen LogP contribution in [0.3, 0.4) is 0 Å². The highest BCUT2D eigenvalue weighted by atomic mass is 79.9. The quantitative estimate of drug-likeness (QED) is 0.380. The van der Waals surface area contributed by atoms with Gasteiger partial charge in [0.25, 0.3) is 0 Å². The maximum absolute atomic E-state index is 14.4. The summed E-state index contributed by atoms with van der Waals surface area (Å²) in [5.74, 6) is -0.353. The molecule has 178 valence electrons. The van der Waals surface area contributed by atoms with Gasteiger partial charge in [-0.2, -0.15) is 4.72 Å². The monoisotopic (exact) mass is 555 g/mol. The molecule has 1 aliphatic carbocycles. The van der Waals surface area contributed by atoms with Crippen LogP contribution in [0.5, 0.6) is 0 Å². The number of benzene rings is 2. The summed E-state index contributed by atoms with van der Waals surface area (Å²) in [6.07, 6.45) is 2.37. The van der Waals surface area contributed by atoms with Crippen molar-refractivity contribution in [3.05, 3.63) is 75.8 Å². The fourth-order valence-corrected chi connectivity index (χ4v) is 8.32. The molecule has 1 atom stereocenters. The Labute approximate surface area is 203 Å². The van der Waals surface area contributed by atoms with Crippen LogP contribution < -0.4 is 4.72 Å². The van der Waals surface area contributed by atoms with Gasteiger partial charge in [0.15, 0.2) is 11.1 Å². The van der Waals surface area contributed by atoms with Crippen LogP contribution in [-0.4, -0.2) is 27.4 Å². The molecule has 33 heavy (non-hydrogen) atoms. The van der Waals surface area contributed by atoms with E-state index in [1.54, 1.807) is 36.4 Å². The molecule has 10 heteroatoms. The molecule has 1 N–H and O–H groups in total. The maximum Gasteiger partial charge on any atom is 0.360 e. The van der Waals surface area contributed by atoms with Gasteiger partial charge in [0.2, 0.25) is 10.0 Å². The van der Waals surface area contributed by atoms with Crippen molar-refractivity contribution in [3.8, 4) is 0 Å². The van der Waals surface area contributed by atoms with Crippen LogP contribution in [0.2, 0.25) is 0 Å². The van der Waals surface area contributed by atoms with Gasteiger partial charge in [0.1, 0.15) is 0 Å². The van der Waals surface area contributed by atoms with E-state index in [4.69, 9.17) is 9.05 Å². The predicted octanol–water partition coefficient (Wildman–Crippen LogP) is 5.65. The van der Waals surface area contributed by atoms with Crippen molar-refractivity contribution in [2.24, 2.45) is 0 Å². The number of fused-ring (bicyclic) bond motifs is 1. The lowest BCUT2D eigenvalue weighted by Crippen LogP contribution is -2.47. The number of halogens is 1. The van der Waals surface area contributed by atoms with E-state index >= 15 is 0 Å². The first kappa shape index (κ1) is 26.0. The molecule has 1 unspecified atom stereocenters. The van der Waals surface area contributed by atoms with E-state index < -0.39 is 22.9 Å². The molecule has 0 aliphatic heterocycles. The molecular weight excluding hydrogens is 529 g/mol. The van der Waals surface area contributed by atoms with Gasteiger partial charge in [-0.05, 0) is 53.9 Å². The average Bonchev–Trinajstić information content (AvgIpc) is 2.79. The predicted molar refractivity (Wildman–Crippen MR) is 131 cm³/mol. The number of Topliss-reactive ketones (excluding diaryl/α,β-unsaturated/α-hetero) is 1. The van der Waals surface area contributed by atoms with Crippen LogP contribution in [0.1, 0.15) is 48.2 Å². The van der Waals surface area contributed by atoms with Crippen LogP contribution in [0.4, 0.5) is 0 Å². The van der Waals surface area contributed by atoms with Crippen molar-refractivity contribution in [2.75, 3.05) is 13.2 Å². The van der Waals surface area contributed by atoms with Crippen molar-refractivity contribution in [2.45, 2.75) is 43.8 Å². The molecule has 0 saturated heterocycles. The SMILES string of the molecule is CCCOP(=O)(OCCC)C1(NS(=O)(=O)c2ccc(C)cc2)C=C(Br)C(=O)c2ccccc21. The Morgan fingerprint density at radius 3 is 2.15 bits per heavy atom. The molecule has 7 nitrogen and oxygen atoms in total. The summed E-state index contributed by atoms with van der Waals surface area (Å²) in [4.78, 5) is 12.9. The van der Waals surface area contributed by atoms with Crippen molar-refractivity contribution in [3.63, 3.8) is 0 Å². The second-order valence-corrected chi connectivity index (χ2v) is 12.5. The number of sulfonamides is 1. The highest BCUT2D eigenvalue weighted by Gasteiger charge is 2.57. The number of carbonyl (C=O) groups excluding carboxylic acids is 1. The lowest BCUT2D eigenvalue weighted by molar-refractivity contribution is 0.103. The van der Waals surface area contributed by atoms with Crippen molar-refractivity contribution >= 4 is 39.3 Å². The third-order valence-electron chi connectivity index (χ3n) is 5.12. The molecule has 0 fully saturated rings. The largest absolute Gasteiger partial charge is 0.360 e. The third kappa shape index (κ3) is 5.09. The first-order valence-electron chi connectivity index (χ1n) is 10.6. The van der Waals surface area contributed by atoms with E-state index in [2.05, 4.69) is 20.7 Å². The van der Waals surface area contributed by atoms with E-state index in [0.29, 0.717) is 12.8 Å². The molecule has 2 aromatic rings. The zero-order valence-electron chi connectivity index (χ0n) is 18.7. The minimum atomic E-state index is -4.23. The van der Waals surface area contributed by atoms with Gasteiger partial charge in [-0.3, -0.25) is 9.36 Å². The Morgan fingerprint density at radius 2 is 1.58 bits per heavy atom. The zero-order chi connectivity index (χ0) is 24.3. The van der Waals surface area contributed by atoms with Crippen LogP contribution >= 0.6 is 23.5 Å². The first-order chi connectivity index (χ1) is 15.6. The first-order valence-corrected chi connectivity index (χ1v) is 14.4. The Morgan fingerprint density at radius 1 is 1.00 bits per heavy atom. The highest BCUT2D eigenvalue weighted by molar-refractivity contribution is 9.12. The third-order valence-corrected chi connectivity index (χ3v) is 9.73. The fraction of sp³-hybridized carbons (Fsp3) is 0.348. The van der Waals surface area contributed by atoms with Gasteiger partial charge in [-0.25, -0.2) is 8.42 Å². The summed E-state index contributed by atoms with van der Waals surface area (Å²) in [7, 11) is -8.44. The smallest absolute Gasteiger partial charge is 0.307 e. The number of hydrogen-bond donors (Lipinski definition) is 1. The second kappa shape index (κ2) is 10.3. The topological polar surface area (TPSA) is 98.8 Å². The lowest BCUT2D eigenvalue weighted by Gasteiger charge is -2.40. The second-order valence-electron chi connectivity index (χ2n) is 7.72. The van der Waals surface area contributed by atoms with Gasteiger partial charge in [-0.15, -0.1) is 0 Å². The van der Waals surface area contributed by atoms with Gasteiger partial charge in [0.05, 0.1) is 22.6 Å². The minimum Gasteiger partial charge on any atom is -0.307 e. The number of carbonyl (C=O) groups is 1. The molecule has 1 aliphatic rings. The number of hydrogen-bond acceptors (Lipinski definition) is 6. The summed E-state index contributed by atoms with van der Waals surface area (Å²) in [5, 5.41) is -1.95. The summed E-state index contributed by atoms with van der Waals surface area (Å²) < 4.78 is 55.8. The van der Waals surface area contributed by atoms with E-state index in [-0.39, 0.29) is 39.5 Å². The van der Waals surface area contributed by atoms with Crippen molar-refractivity contribution in [1.82, 2.24) is 4.72 Å². The van der Waals surface area contributed by atoms with E-state index in [9.17, 15) is 17.8 Å².